The van der Waals surface area contributed by atoms with Crippen molar-refractivity contribution < 1.29 is 0 Å². The summed E-state index contributed by atoms with van der Waals surface area (Å²) in [4.78, 5) is 6.90. The quantitative estimate of drug-likeness (QED) is 0.757. The summed E-state index contributed by atoms with van der Waals surface area (Å²) in [5.41, 5.74) is 4.23. The van der Waals surface area contributed by atoms with E-state index in [0.29, 0.717) is 6.04 Å². The van der Waals surface area contributed by atoms with Gasteiger partial charge in [-0.15, -0.1) is 0 Å². The van der Waals surface area contributed by atoms with Crippen LogP contribution in [0.4, 0.5) is 0 Å². The van der Waals surface area contributed by atoms with Crippen LogP contribution in [0.3, 0.4) is 0 Å². The lowest BCUT2D eigenvalue weighted by molar-refractivity contribution is -0.0509. The molecule has 1 saturated carbocycles. The molecule has 3 unspecified atom stereocenters. The molecule has 0 N–H and O–H groups in total. The normalized spacial score (nSPS) is 29.2. The summed E-state index contributed by atoms with van der Waals surface area (Å²) in [6.45, 7) is 10.5. The van der Waals surface area contributed by atoms with Crippen LogP contribution in [0.15, 0.2) is 36.8 Å². The molecule has 2 bridgehead atoms. The largest absolute Gasteiger partial charge is 0.323 e. The summed E-state index contributed by atoms with van der Waals surface area (Å²) in [5, 5.41) is 0. The van der Waals surface area contributed by atoms with Gasteiger partial charge in [0.25, 0.3) is 0 Å². The lowest BCUT2D eigenvalue weighted by atomic mass is 9.58. The van der Waals surface area contributed by atoms with E-state index in [1.807, 2.05) is 40.2 Å². The zero-order valence-corrected chi connectivity index (χ0v) is 15.7. The van der Waals surface area contributed by atoms with E-state index in [2.05, 4.69) is 45.8 Å². The summed E-state index contributed by atoms with van der Waals surface area (Å²) < 4.78 is 2.43. The molecule has 3 fully saturated rings. The van der Waals surface area contributed by atoms with Gasteiger partial charge in [-0.3, -0.25) is 0 Å². The molecule has 130 valence electrons. The van der Waals surface area contributed by atoms with Crippen LogP contribution in [0.25, 0.3) is 11.3 Å². The fraction of sp³-hybridized carbons (Fsp3) is 0.571. The van der Waals surface area contributed by atoms with Gasteiger partial charge >= 0.3 is 0 Å². The monoisotopic (exact) mass is 325 g/mol. The summed E-state index contributed by atoms with van der Waals surface area (Å²) in [5.74, 6) is 2.54. The second kappa shape index (κ2) is 7.10. The summed E-state index contributed by atoms with van der Waals surface area (Å²) >= 11 is 0. The maximum absolute atomic E-state index is 4.40. The number of hydrogen-bond acceptors (Lipinski definition) is 2. The van der Waals surface area contributed by atoms with Gasteiger partial charge in [0, 0.05) is 18.7 Å². The molecular formula is C21H31N3. The first kappa shape index (κ1) is 17.2. The zero-order valence-electron chi connectivity index (χ0n) is 15.7. The van der Waals surface area contributed by atoms with E-state index in [-0.39, 0.29) is 0 Å². The average molecular weight is 326 g/mol. The van der Waals surface area contributed by atoms with E-state index in [1.165, 1.54) is 36.3 Å². The number of benzene rings is 1. The molecule has 0 spiro atoms. The second-order valence-corrected chi connectivity index (χ2v) is 6.77. The highest BCUT2D eigenvalue weighted by Gasteiger charge is 2.51. The number of imidazole rings is 1. The highest BCUT2D eigenvalue weighted by Crippen LogP contribution is 2.56. The maximum Gasteiger partial charge on any atom is 0.0956 e. The number of nitrogens with zero attached hydrogens (tertiary/aromatic N) is 3. The van der Waals surface area contributed by atoms with E-state index >= 15 is 0 Å². The highest BCUT2D eigenvalue weighted by molar-refractivity contribution is 5.69. The third-order valence-electron chi connectivity index (χ3n) is 5.67. The maximum atomic E-state index is 4.40. The van der Waals surface area contributed by atoms with Crippen molar-refractivity contribution in [3.05, 3.63) is 42.4 Å². The number of fused-ring (bicyclic) bond motifs is 5. The smallest absolute Gasteiger partial charge is 0.0956 e. The Morgan fingerprint density at radius 2 is 1.67 bits per heavy atom. The predicted octanol–water partition coefficient (Wildman–Crippen LogP) is 4.70. The Labute approximate surface area is 146 Å². The molecule has 0 amide bonds. The summed E-state index contributed by atoms with van der Waals surface area (Å²) in [6, 6.07) is 9.44. The van der Waals surface area contributed by atoms with Crippen LogP contribution in [0.1, 0.15) is 45.7 Å². The van der Waals surface area contributed by atoms with Crippen molar-refractivity contribution in [2.45, 2.75) is 40.2 Å². The minimum Gasteiger partial charge on any atom is -0.323 e. The van der Waals surface area contributed by atoms with Crippen LogP contribution in [-0.4, -0.2) is 34.6 Å². The van der Waals surface area contributed by atoms with Crippen molar-refractivity contribution in [3.8, 4) is 11.3 Å². The SMILES string of the molecule is CC.CC.CN1CC2CC(C1)C2C1c2ccccc2-c2cncn21. The van der Waals surface area contributed by atoms with Gasteiger partial charge in [0.2, 0.25) is 0 Å². The lowest BCUT2D eigenvalue weighted by Crippen LogP contribution is -2.56. The predicted molar refractivity (Wildman–Crippen MR) is 101 cm³/mol. The Bertz CT molecular complexity index is 663. The van der Waals surface area contributed by atoms with Crippen LogP contribution >= 0.6 is 0 Å². The van der Waals surface area contributed by atoms with Gasteiger partial charge in [-0.1, -0.05) is 52.0 Å². The summed E-state index contributed by atoms with van der Waals surface area (Å²) in [7, 11) is 2.26. The third kappa shape index (κ3) is 2.50. The first-order valence-electron chi connectivity index (χ1n) is 9.62. The van der Waals surface area contributed by atoms with Gasteiger partial charge in [-0.25, -0.2) is 4.98 Å². The Morgan fingerprint density at radius 1 is 1.00 bits per heavy atom. The first-order valence-corrected chi connectivity index (χ1v) is 9.62. The number of piperidine rings is 2. The number of rotatable bonds is 1. The lowest BCUT2D eigenvalue weighted by Gasteiger charge is -2.55. The Morgan fingerprint density at radius 3 is 2.38 bits per heavy atom. The van der Waals surface area contributed by atoms with Crippen molar-refractivity contribution in [2.75, 3.05) is 20.1 Å². The molecule has 2 saturated heterocycles. The molecule has 3 nitrogen and oxygen atoms in total. The molecule has 0 radical (unpaired) electrons. The second-order valence-electron chi connectivity index (χ2n) is 6.77. The van der Waals surface area contributed by atoms with Gasteiger partial charge in [0.1, 0.15) is 0 Å². The molecule has 3 aliphatic heterocycles. The molecule has 1 aliphatic carbocycles. The zero-order chi connectivity index (χ0) is 17.3. The van der Waals surface area contributed by atoms with Crippen molar-refractivity contribution in [1.29, 1.82) is 0 Å². The van der Waals surface area contributed by atoms with Gasteiger partial charge in [0.15, 0.2) is 0 Å². The topological polar surface area (TPSA) is 21.1 Å². The Hall–Kier alpha value is -1.61. The number of aromatic nitrogens is 2. The van der Waals surface area contributed by atoms with Crippen LogP contribution in [0, 0.1) is 17.8 Å². The molecule has 24 heavy (non-hydrogen) atoms. The highest BCUT2D eigenvalue weighted by atomic mass is 15.2. The van der Waals surface area contributed by atoms with E-state index in [9.17, 15) is 0 Å². The van der Waals surface area contributed by atoms with Gasteiger partial charge in [-0.2, -0.15) is 0 Å². The van der Waals surface area contributed by atoms with Gasteiger partial charge in [0.05, 0.1) is 24.3 Å². The molecule has 2 aromatic rings. The summed E-state index contributed by atoms with van der Waals surface area (Å²) in [6.07, 6.45) is 5.49. The third-order valence-corrected chi connectivity index (χ3v) is 5.67. The average Bonchev–Trinajstić information content (AvgIpc) is 3.21. The molecule has 1 aromatic carbocycles. The standard InChI is InChI=1S/C17H19N3.2C2H6/c1-19-8-11-6-12(9-19)16(11)17-14-5-3-2-4-13(14)15-7-18-10-20(15)17;2*1-2/h2-5,7,10-12,16-17H,6,8-9H2,1H3;2*1-2H3. The Balaban J connectivity index is 0.000000396. The first-order chi connectivity index (χ1) is 11.8. The van der Waals surface area contributed by atoms with E-state index in [1.54, 1.807) is 0 Å². The van der Waals surface area contributed by atoms with Crippen molar-refractivity contribution in [1.82, 2.24) is 14.5 Å². The minimum atomic E-state index is 0.529. The molecule has 1 aromatic heterocycles. The van der Waals surface area contributed by atoms with Gasteiger partial charge < -0.3 is 9.47 Å². The fourth-order valence-corrected chi connectivity index (χ4v) is 4.94. The van der Waals surface area contributed by atoms with Crippen molar-refractivity contribution in [2.24, 2.45) is 17.8 Å². The van der Waals surface area contributed by atoms with Crippen molar-refractivity contribution >= 4 is 0 Å². The van der Waals surface area contributed by atoms with Crippen LogP contribution in [-0.2, 0) is 0 Å². The van der Waals surface area contributed by atoms with Crippen LogP contribution in [0.5, 0.6) is 0 Å². The number of hydrogen-bond donors (Lipinski definition) is 0. The molecular weight excluding hydrogens is 294 g/mol. The van der Waals surface area contributed by atoms with Crippen LogP contribution in [0.2, 0.25) is 0 Å². The Kier molecular flexibility index (Phi) is 5.09. The molecule has 4 heterocycles. The van der Waals surface area contributed by atoms with E-state index in [0.717, 1.165) is 17.8 Å². The molecule has 6 rings (SSSR count). The molecule has 3 heteroatoms. The van der Waals surface area contributed by atoms with Crippen molar-refractivity contribution in [3.63, 3.8) is 0 Å². The van der Waals surface area contributed by atoms with Crippen LogP contribution < -0.4 is 0 Å². The minimum absolute atomic E-state index is 0.529. The van der Waals surface area contributed by atoms with E-state index in [4.69, 9.17) is 0 Å². The van der Waals surface area contributed by atoms with Gasteiger partial charge in [-0.05, 0) is 36.8 Å². The fourth-order valence-electron chi connectivity index (χ4n) is 4.94. The van der Waals surface area contributed by atoms with E-state index < -0.39 is 0 Å². The molecule has 4 aliphatic rings. The molecule has 3 atom stereocenters.